The Labute approximate surface area is 108 Å². The van der Waals surface area contributed by atoms with Gasteiger partial charge in [-0.05, 0) is 42.1 Å². The second-order valence-electron chi connectivity index (χ2n) is 5.87. The monoisotopic (exact) mass is 247 g/mol. The summed E-state index contributed by atoms with van der Waals surface area (Å²) in [7, 11) is 2.03. The van der Waals surface area contributed by atoms with Gasteiger partial charge in [0, 0.05) is 12.5 Å². The molecule has 1 heterocycles. The summed E-state index contributed by atoms with van der Waals surface area (Å²) < 4.78 is 11.6. The Bertz CT molecular complexity index is 468. The molecule has 1 aromatic rings. The van der Waals surface area contributed by atoms with Crippen LogP contribution >= 0.6 is 0 Å². The molecule has 1 N–H and O–H groups in total. The largest absolute Gasteiger partial charge is 0.490 e. The Balaban J connectivity index is 2.10. The van der Waals surface area contributed by atoms with E-state index in [1.165, 1.54) is 11.1 Å². The fourth-order valence-corrected chi connectivity index (χ4v) is 3.09. The van der Waals surface area contributed by atoms with Crippen LogP contribution in [0.3, 0.4) is 0 Å². The quantitative estimate of drug-likeness (QED) is 0.827. The van der Waals surface area contributed by atoms with E-state index in [-0.39, 0.29) is 5.41 Å². The van der Waals surface area contributed by atoms with Gasteiger partial charge in [-0.1, -0.05) is 13.8 Å². The Morgan fingerprint density at radius 3 is 2.50 bits per heavy atom. The minimum absolute atomic E-state index is 0.202. The molecule has 0 fully saturated rings. The Morgan fingerprint density at radius 1 is 1.17 bits per heavy atom. The highest BCUT2D eigenvalue weighted by Crippen LogP contribution is 2.48. The van der Waals surface area contributed by atoms with Crippen molar-refractivity contribution >= 4 is 0 Å². The van der Waals surface area contributed by atoms with Crippen LogP contribution in [0, 0.1) is 0 Å². The van der Waals surface area contributed by atoms with Crippen molar-refractivity contribution in [2.24, 2.45) is 0 Å². The third-order valence-electron chi connectivity index (χ3n) is 4.09. The highest BCUT2D eigenvalue weighted by molar-refractivity contribution is 5.53. The minimum Gasteiger partial charge on any atom is -0.490 e. The summed E-state index contributed by atoms with van der Waals surface area (Å²) in [5.41, 5.74) is 2.96. The predicted molar refractivity (Wildman–Crippen MR) is 71.5 cm³/mol. The molecule has 0 saturated heterocycles. The van der Waals surface area contributed by atoms with Crippen molar-refractivity contribution in [2.45, 2.75) is 38.1 Å². The van der Waals surface area contributed by atoms with Crippen molar-refractivity contribution in [3.8, 4) is 11.5 Å². The molecule has 1 atom stereocenters. The first-order valence-electron chi connectivity index (χ1n) is 6.73. The second kappa shape index (κ2) is 4.16. The van der Waals surface area contributed by atoms with Crippen LogP contribution in [-0.4, -0.2) is 20.3 Å². The van der Waals surface area contributed by atoms with Crippen LogP contribution < -0.4 is 14.8 Å². The smallest absolute Gasteiger partial charge is 0.161 e. The Kier molecular flexibility index (Phi) is 2.74. The van der Waals surface area contributed by atoms with Gasteiger partial charge in [0.1, 0.15) is 0 Å². The third-order valence-corrected chi connectivity index (χ3v) is 4.09. The molecule has 98 valence electrons. The van der Waals surface area contributed by atoms with E-state index in [2.05, 4.69) is 31.3 Å². The lowest BCUT2D eigenvalue weighted by Crippen LogP contribution is -2.17. The van der Waals surface area contributed by atoms with Gasteiger partial charge in [0.05, 0.1) is 13.2 Å². The second-order valence-corrected chi connectivity index (χ2v) is 5.87. The molecule has 3 rings (SSSR count). The maximum Gasteiger partial charge on any atom is 0.161 e. The SMILES string of the molecule is CNC1CC(C)(C)c2cc3c(cc21)OCCCO3. The minimum atomic E-state index is 0.202. The van der Waals surface area contributed by atoms with E-state index in [1.807, 2.05) is 7.05 Å². The van der Waals surface area contributed by atoms with Gasteiger partial charge in [-0.3, -0.25) is 0 Å². The van der Waals surface area contributed by atoms with Crippen LogP contribution in [-0.2, 0) is 5.41 Å². The van der Waals surface area contributed by atoms with Gasteiger partial charge in [0.25, 0.3) is 0 Å². The number of hydrogen-bond acceptors (Lipinski definition) is 3. The summed E-state index contributed by atoms with van der Waals surface area (Å²) in [6.45, 7) is 6.10. The highest BCUT2D eigenvalue weighted by Gasteiger charge is 2.37. The molecule has 0 bridgehead atoms. The predicted octanol–water partition coefficient (Wildman–Crippen LogP) is 2.79. The molecule has 1 aliphatic carbocycles. The van der Waals surface area contributed by atoms with Gasteiger partial charge < -0.3 is 14.8 Å². The molecule has 0 saturated carbocycles. The molecule has 0 amide bonds. The molecule has 0 aromatic heterocycles. The average Bonchev–Trinajstić information content (AvgIpc) is 2.53. The zero-order valence-electron chi connectivity index (χ0n) is 11.4. The van der Waals surface area contributed by atoms with Crippen molar-refractivity contribution in [2.75, 3.05) is 20.3 Å². The van der Waals surface area contributed by atoms with Crippen LogP contribution in [0.2, 0.25) is 0 Å². The average molecular weight is 247 g/mol. The van der Waals surface area contributed by atoms with Crippen molar-refractivity contribution < 1.29 is 9.47 Å². The van der Waals surface area contributed by atoms with Crippen LogP contribution in [0.4, 0.5) is 0 Å². The first kappa shape index (κ1) is 11.8. The van der Waals surface area contributed by atoms with Crippen LogP contribution in [0.5, 0.6) is 11.5 Å². The molecule has 0 spiro atoms. The standard InChI is InChI=1S/C15H21NO2/c1-15(2)9-12(16-3)10-7-13-14(8-11(10)15)18-6-4-5-17-13/h7-8,12,16H,4-6,9H2,1-3H3. The van der Waals surface area contributed by atoms with Crippen molar-refractivity contribution in [1.82, 2.24) is 5.32 Å². The third kappa shape index (κ3) is 1.77. The fourth-order valence-electron chi connectivity index (χ4n) is 3.09. The fraction of sp³-hybridized carbons (Fsp3) is 0.600. The normalized spacial score (nSPS) is 24.5. The lowest BCUT2D eigenvalue weighted by molar-refractivity contribution is 0.296. The molecule has 3 nitrogen and oxygen atoms in total. The van der Waals surface area contributed by atoms with E-state index in [4.69, 9.17) is 9.47 Å². The lowest BCUT2D eigenvalue weighted by Gasteiger charge is -2.20. The number of benzene rings is 1. The molecule has 1 aromatic carbocycles. The van der Waals surface area contributed by atoms with Gasteiger partial charge in [-0.2, -0.15) is 0 Å². The molecule has 0 radical (unpaired) electrons. The maximum absolute atomic E-state index is 5.79. The Morgan fingerprint density at radius 2 is 1.83 bits per heavy atom. The van der Waals surface area contributed by atoms with E-state index in [1.54, 1.807) is 0 Å². The van der Waals surface area contributed by atoms with Crippen LogP contribution in [0.25, 0.3) is 0 Å². The molecule has 1 aliphatic heterocycles. The van der Waals surface area contributed by atoms with Gasteiger partial charge in [-0.15, -0.1) is 0 Å². The topological polar surface area (TPSA) is 30.5 Å². The number of nitrogens with one attached hydrogen (secondary N) is 1. The molecule has 2 aliphatic rings. The summed E-state index contributed by atoms with van der Waals surface area (Å²) in [5.74, 6) is 1.82. The summed E-state index contributed by atoms with van der Waals surface area (Å²) in [4.78, 5) is 0. The molecular formula is C15H21NO2. The summed E-state index contributed by atoms with van der Waals surface area (Å²) in [6.07, 6.45) is 2.08. The van der Waals surface area contributed by atoms with E-state index >= 15 is 0 Å². The number of rotatable bonds is 1. The van der Waals surface area contributed by atoms with Crippen LogP contribution in [0.1, 0.15) is 43.9 Å². The molecule has 3 heteroatoms. The van der Waals surface area contributed by atoms with E-state index in [0.717, 1.165) is 37.6 Å². The van der Waals surface area contributed by atoms with E-state index < -0.39 is 0 Å². The zero-order chi connectivity index (χ0) is 12.8. The van der Waals surface area contributed by atoms with E-state index in [9.17, 15) is 0 Å². The molecular weight excluding hydrogens is 226 g/mol. The van der Waals surface area contributed by atoms with Gasteiger partial charge >= 0.3 is 0 Å². The highest BCUT2D eigenvalue weighted by atomic mass is 16.5. The molecule has 1 unspecified atom stereocenters. The van der Waals surface area contributed by atoms with Crippen molar-refractivity contribution in [1.29, 1.82) is 0 Å². The lowest BCUT2D eigenvalue weighted by atomic mass is 9.86. The summed E-state index contributed by atoms with van der Waals surface area (Å²) in [5, 5.41) is 3.40. The number of hydrogen-bond donors (Lipinski definition) is 1. The van der Waals surface area contributed by atoms with E-state index in [0.29, 0.717) is 6.04 Å². The van der Waals surface area contributed by atoms with Gasteiger partial charge in [-0.25, -0.2) is 0 Å². The first-order valence-corrected chi connectivity index (χ1v) is 6.73. The maximum atomic E-state index is 5.79. The van der Waals surface area contributed by atoms with Crippen molar-refractivity contribution in [3.63, 3.8) is 0 Å². The Hall–Kier alpha value is -1.22. The van der Waals surface area contributed by atoms with Crippen molar-refractivity contribution in [3.05, 3.63) is 23.3 Å². The van der Waals surface area contributed by atoms with Crippen LogP contribution in [0.15, 0.2) is 12.1 Å². The zero-order valence-corrected chi connectivity index (χ0v) is 11.4. The van der Waals surface area contributed by atoms with Gasteiger partial charge in [0.2, 0.25) is 0 Å². The number of fused-ring (bicyclic) bond motifs is 2. The summed E-state index contributed by atoms with van der Waals surface area (Å²) in [6, 6.07) is 4.78. The first-order chi connectivity index (χ1) is 8.62. The number of ether oxygens (including phenoxy) is 2. The van der Waals surface area contributed by atoms with Gasteiger partial charge in [0.15, 0.2) is 11.5 Å². The summed E-state index contributed by atoms with van der Waals surface area (Å²) >= 11 is 0. The molecule has 18 heavy (non-hydrogen) atoms.